The van der Waals surface area contributed by atoms with E-state index in [1.807, 2.05) is 35.2 Å². The Morgan fingerprint density at radius 1 is 1.16 bits per heavy atom. The number of carbonyl (C=O) groups excluding carboxylic acids is 2. The molecule has 198 valence electrons. The van der Waals surface area contributed by atoms with Crippen LogP contribution in [0.5, 0.6) is 5.75 Å². The fourth-order valence-corrected chi connectivity index (χ4v) is 5.75. The summed E-state index contributed by atoms with van der Waals surface area (Å²) in [5.41, 5.74) is 2.33. The molecule has 0 spiro atoms. The number of likely N-dealkylation sites (tertiary alicyclic amines) is 1. The van der Waals surface area contributed by atoms with Gasteiger partial charge in [-0.05, 0) is 59.9 Å². The maximum atomic E-state index is 14.9. The molecule has 1 saturated heterocycles. The number of ether oxygens (including phenoxy) is 1. The maximum absolute atomic E-state index is 14.9. The Morgan fingerprint density at radius 2 is 1.92 bits per heavy atom. The van der Waals surface area contributed by atoms with Crippen LogP contribution in [0.25, 0.3) is 6.08 Å². The molecule has 1 aliphatic carbocycles. The molecule has 0 bridgehead atoms. The highest BCUT2D eigenvalue weighted by molar-refractivity contribution is 8.14. The summed E-state index contributed by atoms with van der Waals surface area (Å²) in [5, 5.41) is 12.9. The summed E-state index contributed by atoms with van der Waals surface area (Å²) in [4.78, 5) is 28.9. The molecule has 0 N–H and O–H groups in total. The number of carbonyl (C=O) groups is 2. The van der Waals surface area contributed by atoms with Crippen LogP contribution in [0.2, 0.25) is 0 Å². The van der Waals surface area contributed by atoms with Crippen LogP contribution in [-0.2, 0) is 16.1 Å². The second-order valence-electron chi connectivity index (χ2n) is 9.70. The monoisotopic (exact) mass is 535 g/mol. The van der Waals surface area contributed by atoms with E-state index in [2.05, 4.69) is 15.4 Å². The standard InChI is InChI=1S/C28H30FN5O3S/c1-18(35)38-25-13-14-33(27(28(36)20-9-10-20)23-5-3-4-6-24(23)29)17-21(25)15-26-30-32-34(31-26)16-19-7-11-22(37-2)12-8-19/h3-8,11-12,15,20,25,27H,9-10,13-14,16-17H2,1-2H3/b21-15-. The topological polar surface area (TPSA) is 90.2 Å². The van der Waals surface area contributed by atoms with Gasteiger partial charge in [-0.2, -0.15) is 4.80 Å². The lowest BCUT2D eigenvalue weighted by Gasteiger charge is -2.38. The highest BCUT2D eigenvalue weighted by atomic mass is 32.2. The number of thioether (sulfide) groups is 1. The van der Waals surface area contributed by atoms with E-state index < -0.39 is 6.04 Å². The first-order chi connectivity index (χ1) is 18.4. The maximum Gasteiger partial charge on any atom is 0.197 e. The van der Waals surface area contributed by atoms with Crippen molar-refractivity contribution < 1.29 is 18.7 Å². The summed E-state index contributed by atoms with van der Waals surface area (Å²) in [5.74, 6) is 0.878. The quantitative estimate of drug-likeness (QED) is 0.400. The van der Waals surface area contributed by atoms with Gasteiger partial charge in [-0.1, -0.05) is 42.1 Å². The molecule has 38 heavy (non-hydrogen) atoms. The third-order valence-corrected chi connectivity index (χ3v) is 8.02. The van der Waals surface area contributed by atoms with Gasteiger partial charge in [0.2, 0.25) is 0 Å². The summed E-state index contributed by atoms with van der Waals surface area (Å²) in [6.07, 6.45) is 4.21. The molecule has 3 aromatic rings. The largest absolute Gasteiger partial charge is 0.497 e. The second kappa shape index (κ2) is 11.6. The SMILES string of the molecule is COc1ccc(Cn2nnc(/C=C3/CN(C(C(=O)C4CC4)c4ccccc4F)CCC3SC(C)=O)n2)cc1. The number of nitrogens with zero attached hydrogens (tertiary/aromatic N) is 5. The molecular weight excluding hydrogens is 505 g/mol. The number of tetrazole rings is 1. The lowest BCUT2D eigenvalue weighted by atomic mass is 9.93. The third kappa shape index (κ3) is 6.19. The highest BCUT2D eigenvalue weighted by Crippen LogP contribution is 2.40. The second-order valence-corrected chi connectivity index (χ2v) is 11.1. The van der Waals surface area contributed by atoms with Crippen molar-refractivity contribution >= 4 is 28.7 Å². The zero-order valence-corrected chi connectivity index (χ0v) is 22.2. The van der Waals surface area contributed by atoms with Crippen LogP contribution in [0.4, 0.5) is 4.39 Å². The molecule has 2 fully saturated rings. The minimum Gasteiger partial charge on any atom is -0.497 e. The molecule has 0 amide bonds. The molecular formula is C28H30FN5O3S. The van der Waals surface area contributed by atoms with Crippen LogP contribution >= 0.6 is 11.8 Å². The predicted molar refractivity (Wildman–Crippen MR) is 143 cm³/mol. The van der Waals surface area contributed by atoms with Crippen LogP contribution in [0.15, 0.2) is 54.1 Å². The van der Waals surface area contributed by atoms with Gasteiger partial charge in [0.05, 0.1) is 19.7 Å². The van der Waals surface area contributed by atoms with Crippen molar-refractivity contribution in [3.05, 3.63) is 76.9 Å². The van der Waals surface area contributed by atoms with E-state index in [1.54, 1.807) is 32.2 Å². The van der Waals surface area contributed by atoms with Crippen LogP contribution in [-0.4, -0.2) is 61.5 Å². The molecule has 10 heteroatoms. The van der Waals surface area contributed by atoms with E-state index in [9.17, 15) is 14.0 Å². The minimum absolute atomic E-state index is 0.0177. The van der Waals surface area contributed by atoms with E-state index in [1.165, 1.54) is 22.6 Å². The number of piperidine rings is 1. The number of Topliss-reactive ketones (excluding diaryl/α,β-unsaturated/α-hetero) is 1. The minimum atomic E-state index is -0.658. The van der Waals surface area contributed by atoms with Crippen molar-refractivity contribution in [1.82, 2.24) is 25.1 Å². The van der Waals surface area contributed by atoms with Gasteiger partial charge in [0.1, 0.15) is 11.6 Å². The zero-order valence-electron chi connectivity index (χ0n) is 21.4. The summed E-state index contributed by atoms with van der Waals surface area (Å²) in [7, 11) is 1.62. The van der Waals surface area contributed by atoms with Crippen molar-refractivity contribution in [2.45, 2.75) is 44.0 Å². The Bertz CT molecular complexity index is 1340. The number of hydrogen-bond acceptors (Lipinski definition) is 8. The van der Waals surface area contributed by atoms with Crippen molar-refractivity contribution in [3.8, 4) is 5.75 Å². The van der Waals surface area contributed by atoms with Crippen LogP contribution in [0.1, 0.15) is 49.2 Å². The number of ketones is 1. The Morgan fingerprint density at radius 3 is 2.61 bits per heavy atom. The van der Waals surface area contributed by atoms with Crippen molar-refractivity contribution in [3.63, 3.8) is 0 Å². The Kier molecular flexibility index (Phi) is 7.99. The average Bonchev–Trinajstić information content (AvgIpc) is 3.67. The summed E-state index contributed by atoms with van der Waals surface area (Å²) in [6.45, 7) is 2.99. The lowest BCUT2D eigenvalue weighted by molar-refractivity contribution is -0.126. The predicted octanol–water partition coefficient (Wildman–Crippen LogP) is 4.33. The van der Waals surface area contributed by atoms with E-state index in [-0.39, 0.29) is 27.9 Å². The molecule has 5 rings (SSSR count). The number of rotatable bonds is 9. The molecule has 2 atom stereocenters. The molecule has 0 radical (unpaired) electrons. The summed E-state index contributed by atoms with van der Waals surface area (Å²) >= 11 is 1.27. The molecule has 1 aliphatic heterocycles. The molecule has 1 saturated carbocycles. The van der Waals surface area contributed by atoms with Gasteiger partial charge in [-0.15, -0.1) is 10.2 Å². The lowest BCUT2D eigenvalue weighted by Crippen LogP contribution is -2.43. The molecule has 2 aromatic carbocycles. The normalized spacial score (nSPS) is 19.9. The van der Waals surface area contributed by atoms with Crippen molar-refractivity contribution in [1.29, 1.82) is 0 Å². The molecule has 2 heterocycles. The average molecular weight is 536 g/mol. The van der Waals surface area contributed by atoms with Crippen molar-refractivity contribution in [2.24, 2.45) is 5.92 Å². The van der Waals surface area contributed by atoms with Gasteiger partial charge >= 0.3 is 0 Å². The number of hydrogen-bond donors (Lipinski definition) is 0. The van der Waals surface area contributed by atoms with Gasteiger partial charge in [0, 0.05) is 36.7 Å². The van der Waals surface area contributed by atoms with Gasteiger partial charge in [-0.25, -0.2) is 4.39 Å². The highest BCUT2D eigenvalue weighted by Gasteiger charge is 2.41. The molecule has 8 nitrogen and oxygen atoms in total. The number of halogens is 1. The fourth-order valence-electron chi connectivity index (χ4n) is 4.84. The summed E-state index contributed by atoms with van der Waals surface area (Å²) in [6, 6.07) is 13.5. The Labute approximate surface area is 225 Å². The van der Waals surface area contributed by atoms with E-state index in [0.717, 1.165) is 29.7 Å². The van der Waals surface area contributed by atoms with E-state index in [0.29, 0.717) is 37.4 Å². The zero-order chi connectivity index (χ0) is 26.6. The summed E-state index contributed by atoms with van der Waals surface area (Å²) < 4.78 is 20.1. The molecule has 1 aromatic heterocycles. The fraction of sp³-hybridized carbons (Fsp3) is 0.393. The number of aromatic nitrogens is 4. The molecule has 2 aliphatic rings. The van der Waals surface area contributed by atoms with Gasteiger partial charge in [0.25, 0.3) is 0 Å². The first kappa shape index (κ1) is 26.2. The van der Waals surface area contributed by atoms with Gasteiger partial charge in [0.15, 0.2) is 16.7 Å². The molecule has 2 unspecified atom stereocenters. The van der Waals surface area contributed by atoms with Crippen LogP contribution in [0, 0.1) is 11.7 Å². The third-order valence-electron chi connectivity index (χ3n) is 6.87. The van der Waals surface area contributed by atoms with E-state index in [4.69, 9.17) is 4.74 Å². The van der Waals surface area contributed by atoms with Gasteiger partial charge < -0.3 is 4.74 Å². The first-order valence-corrected chi connectivity index (χ1v) is 13.6. The first-order valence-electron chi connectivity index (χ1n) is 12.7. The Hall–Kier alpha value is -3.37. The van der Waals surface area contributed by atoms with Crippen LogP contribution < -0.4 is 4.74 Å². The number of benzene rings is 2. The smallest absolute Gasteiger partial charge is 0.197 e. The number of methoxy groups -OCH3 is 1. The van der Waals surface area contributed by atoms with Crippen LogP contribution in [0.3, 0.4) is 0 Å². The van der Waals surface area contributed by atoms with E-state index >= 15 is 0 Å². The van der Waals surface area contributed by atoms with Gasteiger partial charge in [-0.3, -0.25) is 14.5 Å². The van der Waals surface area contributed by atoms with Crippen molar-refractivity contribution in [2.75, 3.05) is 20.2 Å². The Balaban J connectivity index is 1.40.